The Morgan fingerprint density at radius 2 is 1.88 bits per heavy atom. The van der Waals surface area contributed by atoms with Crippen LogP contribution in [0.2, 0.25) is 0 Å². The molecular weight excluding hydrogens is 204 g/mol. The van der Waals surface area contributed by atoms with E-state index in [1.165, 1.54) is 0 Å². The molecule has 0 saturated carbocycles. The molecular formula is C10H9N6. The van der Waals surface area contributed by atoms with Crippen molar-refractivity contribution in [1.29, 1.82) is 0 Å². The molecule has 1 N–H and O–H groups in total. The zero-order chi connectivity index (χ0) is 10.8. The molecule has 1 aliphatic rings. The predicted molar refractivity (Wildman–Crippen MR) is 59.9 cm³/mol. The standard InChI is InChI=1S/C10H9N6/c1-2-8-14(7-1)15-9-12-13-16(15)10-3-5-11-6-4-10/h1-8,13H. The first-order valence-corrected chi connectivity index (χ1v) is 4.79. The summed E-state index contributed by atoms with van der Waals surface area (Å²) >= 11 is 0. The maximum atomic E-state index is 3.97. The first-order valence-electron chi connectivity index (χ1n) is 4.79. The highest BCUT2D eigenvalue weighted by Crippen LogP contribution is 2.13. The molecule has 2 aromatic heterocycles. The number of rotatable bonds is 2. The Balaban J connectivity index is 1.92. The van der Waals surface area contributed by atoms with Gasteiger partial charge in [0.05, 0.1) is 5.69 Å². The smallest absolute Gasteiger partial charge is 0.241 e. The van der Waals surface area contributed by atoms with Crippen molar-refractivity contribution < 1.29 is 0 Å². The fourth-order valence-corrected chi connectivity index (χ4v) is 1.46. The van der Waals surface area contributed by atoms with E-state index in [2.05, 4.69) is 22.0 Å². The number of anilines is 1. The molecule has 2 aromatic rings. The van der Waals surface area contributed by atoms with E-state index >= 15 is 0 Å². The van der Waals surface area contributed by atoms with Gasteiger partial charge in [0.2, 0.25) is 6.34 Å². The van der Waals surface area contributed by atoms with Crippen molar-refractivity contribution in [2.75, 3.05) is 10.2 Å². The molecule has 0 unspecified atom stereocenters. The van der Waals surface area contributed by atoms with Crippen LogP contribution in [0.3, 0.4) is 0 Å². The Morgan fingerprint density at radius 1 is 1.12 bits per heavy atom. The average Bonchev–Trinajstić information content (AvgIpc) is 3.01. The molecule has 0 amide bonds. The SMILES string of the molecule is [C]1=NNN(c2ccncc2)N1n1cccc1. The highest BCUT2D eigenvalue weighted by atomic mass is 16.0. The van der Waals surface area contributed by atoms with Gasteiger partial charge in [0, 0.05) is 24.8 Å². The van der Waals surface area contributed by atoms with Gasteiger partial charge in [-0.3, -0.25) is 4.98 Å². The Kier molecular flexibility index (Phi) is 1.96. The van der Waals surface area contributed by atoms with Crippen LogP contribution in [0.25, 0.3) is 0 Å². The number of hydrazine groups is 2. The molecule has 6 nitrogen and oxygen atoms in total. The van der Waals surface area contributed by atoms with Crippen molar-refractivity contribution in [3.63, 3.8) is 0 Å². The lowest BCUT2D eigenvalue weighted by molar-refractivity contribution is 0.622. The molecule has 0 saturated heterocycles. The Bertz CT molecular complexity index is 477. The number of hydrogen-bond donors (Lipinski definition) is 1. The van der Waals surface area contributed by atoms with E-state index in [1.54, 1.807) is 22.6 Å². The fourth-order valence-electron chi connectivity index (χ4n) is 1.46. The number of hydrogen-bond acceptors (Lipinski definition) is 5. The van der Waals surface area contributed by atoms with Gasteiger partial charge in [-0.25, -0.2) is 4.68 Å². The van der Waals surface area contributed by atoms with Crippen molar-refractivity contribution >= 4 is 12.0 Å². The lowest BCUT2D eigenvalue weighted by atomic mass is 10.4. The molecule has 0 spiro atoms. The first-order chi connectivity index (χ1) is 7.95. The van der Waals surface area contributed by atoms with Gasteiger partial charge in [-0.1, -0.05) is 0 Å². The average molecular weight is 213 g/mol. The molecule has 79 valence electrons. The van der Waals surface area contributed by atoms with Crippen molar-refractivity contribution in [3.8, 4) is 0 Å². The summed E-state index contributed by atoms with van der Waals surface area (Å²) in [5, 5.41) is 7.36. The van der Waals surface area contributed by atoms with Crippen LogP contribution in [-0.2, 0) is 0 Å². The van der Waals surface area contributed by atoms with Gasteiger partial charge in [-0.05, 0) is 24.3 Å². The van der Waals surface area contributed by atoms with Crippen LogP contribution in [0.4, 0.5) is 5.69 Å². The van der Waals surface area contributed by atoms with Crippen LogP contribution in [-0.4, -0.2) is 16.0 Å². The molecule has 0 atom stereocenters. The highest BCUT2D eigenvalue weighted by Gasteiger charge is 2.19. The fraction of sp³-hybridized carbons (Fsp3) is 0. The number of pyridine rings is 1. The quantitative estimate of drug-likeness (QED) is 0.792. The Morgan fingerprint density at radius 3 is 2.62 bits per heavy atom. The molecule has 6 heteroatoms. The normalized spacial score (nSPS) is 14.2. The van der Waals surface area contributed by atoms with E-state index in [1.807, 2.05) is 41.3 Å². The van der Waals surface area contributed by atoms with Gasteiger partial charge < -0.3 is 0 Å². The summed E-state index contributed by atoms with van der Waals surface area (Å²) < 4.78 is 1.85. The topological polar surface area (TPSA) is 48.7 Å². The number of hydrazone groups is 1. The van der Waals surface area contributed by atoms with Gasteiger partial charge in [0.15, 0.2) is 0 Å². The lowest BCUT2D eigenvalue weighted by Crippen LogP contribution is -2.49. The zero-order valence-electron chi connectivity index (χ0n) is 8.35. The minimum atomic E-state index is 0.928. The van der Waals surface area contributed by atoms with Crippen LogP contribution in [0.1, 0.15) is 0 Å². The Hall–Kier alpha value is -2.50. The molecule has 0 aliphatic carbocycles. The van der Waals surface area contributed by atoms with Gasteiger partial charge >= 0.3 is 0 Å². The van der Waals surface area contributed by atoms with Crippen LogP contribution < -0.4 is 15.8 Å². The van der Waals surface area contributed by atoms with Crippen LogP contribution in [0.5, 0.6) is 0 Å². The summed E-state index contributed by atoms with van der Waals surface area (Å²) in [6, 6.07) is 7.63. The van der Waals surface area contributed by atoms with Crippen molar-refractivity contribution in [3.05, 3.63) is 49.1 Å². The molecule has 1 radical (unpaired) electrons. The number of nitrogens with zero attached hydrogens (tertiary/aromatic N) is 5. The molecule has 1 aliphatic heterocycles. The minimum Gasteiger partial charge on any atom is -0.265 e. The van der Waals surface area contributed by atoms with E-state index in [9.17, 15) is 0 Å². The largest absolute Gasteiger partial charge is 0.265 e. The summed E-state index contributed by atoms with van der Waals surface area (Å²) in [5.74, 6) is 0. The Labute approximate surface area is 92.3 Å². The number of nitrogens with one attached hydrogen (secondary N) is 1. The predicted octanol–water partition coefficient (Wildman–Crippen LogP) is 0.581. The maximum Gasteiger partial charge on any atom is 0.241 e. The molecule has 0 aromatic carbocycles. The summed E-state index contributed by atoms with van der Waals surface area (Å²) in [6.45, 7) is 0. The van der Waals surface area contributed by atoms with Gasteiger partial charge in [-0.2, -0.15) is 10.7 Å². The third-order valence-electron chi connectivity index (χ3n) is 2.19. The van der Waals surface area contributed by atoms with Crippen LogP contribution in [0.15, 0.2) is 54.2 Å². The summed E-state index contributed by atoms with van der Waals surface area (Å²) in [7, 11) is 0. The number of aromatic nitrogens is 2. The summed E-state index contributed by atoms with van der Waals surface area (Å²) in [6.07, 6.45) is 10.1. The third kappa shape index (κ3) is 1.36. The van der Waals surface area contributed by atoms with Gasteiger partial charge in [-0.15, -0.1) is 10.2 Å². The van der Waals surface area contributed by atoms with E-state index < -0.39 is 0 Å². The van der Waals surface area contributed by atoms with Crippen molar-refractivity contribution in [2.45, 2.75) is 0 Å². The molecule has 0 fully saturated rings. The lowest BCUT2D eigenvalue weighted by Gasteiger charge is -2.27. The van der Waals surface area contributed by atoms with E-state index in [0.29, 0.717) is 0 Å². The van der Waals surface area contributed by atoms with Crippen LogP contribution in [0, 0.1) is 0 Å². The monoisotopic (exact) mass is 213 g/mol. The third-order valence-corrected chi connectivity index (χ3v) is 2.19. The van der Waals surface area contributed by atoms with E-state index in [-0.39, 0.29) is 0 Å². The zero-order valence-corrected chi connectivity index (χ0v) is 8.35. The second-order valence-corrected chi connectivity index (χ2v) is 3.18. The molecule has 16 heavy (non-hydrogen) atoms. The summed E-state index contributed by atoms with van der Waals surface area (Å²) in [5.41, 5.74) is 3.76. The van der Waals surface area contributed by atoms with Gasteiger partial charge in [0.1, 0.15) is 0 Å². The molecule has 3 heterocycles. The van der Waals surface area contributed by atoms with Crippen molar-refractivity contribution in [2.24, 2.45) is 5.10 Å². The van der Waals surface area contributed by atoms with E-state index in [0.717, 1.165) is 5.69 Å². The molecule has 3 rings (SSSR count). The highest BCUT2D eigenvalue weighted by molar-refractivity contribution is 5.74. The molecule has 0 bridgehead atoms. The second kappa shape index (κ2) is 3.58. The van der Waals surface area contributed by atoms with Gasteiger partial charge in [0.25, 0.3) is 0 Å². The van der Waals surface area contributed by atoms with Crippen molar-refractivity contribution in [1.82, 2.24) is 15.2 Å². The minimum absolute atomic E-state index is 0.928. The maximum absolute atomic E-state index is 3.97. The first kappa shape index (κ1) is 8.78. The summed E-state index contributed by atoms with van der Waals surface area (Å²) in [4.78, 5) is 3.97. The second-order valence-electron chi connectivity index (χ2n) is 3.18. The van der Waals surface area contributed by atoms with Crippen LogP contribution >= 0.6 is 0 Å². The van der Waals surface area contributed by atoms with E-state index in [4.69, 9.17) is 0 Å².